The fourth-order valence-corrected chi connectivity index (χ4v) is 3.55. The Kier molecular flexibility index (Phi) is 5.27. The number of nitrogens with one attached hydrogen (secondary N) is 1. The molecule has 1 amide bonds. The molecule has 0 spiro atoms. The Morgan fingerprint density at radius 1 is 1.29 bits per heavy atom. The number of hydrogen-bond donors (Lipinski definition) is 1. The van der Waals surface area contributed by atoms with E-state index in [1.807, 2.05) is 49.5 Å². The molecule has 3 rings (SSSR count). The van der Waals surface area contributed by atoms with Crippen molar-refractivity contribution in [1.29, 1.82) is 0 Å². The summed E-state index contributed by atoms with van der Waals surface area (Å²) in [5.74, 6) is 0.843. The molecule has 0 bridgehead atoms. The molecule has 3 aromatic rings. The van der Waals surface area contributed by atoms with Gasteiger partial charge < -0.3 is 9.88 Å². The average Bonchev–Trinajstić information content (AvgIpc) is 3.16. The topological polar surface area (TPSA) is 46.9 Å². The molecule has 122 valence electrons. The molecular formula is C18H16BrN3OS. The van der Waals surface area contributed by atoms with Crippen LogP contribution in [0.4, 0.5) is 5.69 Å². The molecule has 0 aliphatic rings. The van der Waals surface area contributed by atoms with E-state index in [-0.39, 0.29) is 5.91 Å². The SMILES string of the molecule is Cc1nccn1Cc1ccc(NC(=O)/C=C/c2ccc(Br)s2)cc1. The Hall–Kier alpha value is -2.18. The van der Waals surface area contributed by atoms with E-state index in [1.54, 1.807) is 29.7 Å². The number of carbonyl (C=O) groups is 1. The van der Waals surface area contributed by atoms with Gasteiger partial charge in [0.15, 0.2) is 0 Å². The maximum absolute atomic E-state index is 12.0. The van der Waals surface area contributed by atoms with Crippen LogP contribution in [0.2, 0.25) is 0 Å². The Bertz CT molecular complexity index is 865. The fraction of sp³-hybridized carbons (Fsp3) is 0.111. The van der Waals surface area contributed by atoms with Crippen molar-refractivity contribution in [2.45, 2.75) is 13.5 Å². The van der Waals surface area contributed by atoms with Crippen LogP contribution >= 0.6 is 27.3 Å². The van der Waals surface area contributed by atoms with Gasteiger partial charge in [-0.15, -0.1) is 11.3 Å². The van der Waals surface area contributed by atoms with Crippen molar-refractivity contribution in [2.24, 2.45) is 0 Å². The van der Waals surface area contributed by atoms with Crippen LogP contribution in [-0.2, 0) is 11.3 Å². The molecule has 0 unspecified atom stereocenters. The van der Waals surface area contributed by atoms with Gasteiger partial charge in [0.25, 0.3) is 0 Å². The molecule has 1 N–H and O–H groups in total. The highest BCUT2D eigenvalue weighted by molar-refractivity contribution is 9.11. The molecule has 0 saturated carbocycles. The highest BCUT2D eigenvalue weighted by atomic mass is 79.9. The van der Waals surface area contributed by atoms with E-state index in [0.29, 0.717) is 0 Å². The summed E-state index contributed by atoms with van der Waals surface area (Å²) in [4.78, 5) is 17.2. The quantitative estimate of drug-likeness (QED) is 0.628. The van der Waals surface area contributed by atoms with Gasteiger partial charge in [-0.2, -0.15) is 0 Å². The van der Waals surface area contributed by atoms with Crippen molar-refractivity contribution < 1.29 is 4.79 Å². The van der Waals surface area contributed by atoms with Gasteiger partial charge in [-0.25, -0.2) is 4.98 Å². The maximum atomic E-state index is 12.0. The lowest BCUT2D eigenvalue weighted by Gasteiger charge is -2.07. The van der Waals surface area contributed by atoms with Gasteiger partial charge in [-0.3, -0.25) is 4.79 Å². The van der Waals surface area contributed by atoms with Gasteiger partial charge in [0.2, 0.25) is 5.91 Å². The van der Waals surface area contributed by atoms with Gasteiger partial charge in [0, 0.05) is 35.6 Å². The fourth-order valence-electron chi connectivity index (χ4n) is 2.22. The molecule has 1 aromatic carbocycles. The van der Waals surface area contributed by atoms with Gasteiger partial charge in [-0.1, -0.05) is 12.1 Å². The number of halogens is 1. The van der Waals surface area contributed by atoms with E-state index in [4.69, 9.17) is 0 Å². The Labute approximate surface area is 153 Å². The van der Waals surface area contributed by atoms with Crippen LogP contribution in [0.25, 0.3) is 6.08 Å². The lowest BCUT2D eigenvalue weighted by atomic mass is 10.2. The number of imidazole rings is 1. The Morgan fingerprint density at radius 2 is 2.08 bits per heavy atom. The first-order chi connectivity index (χ1) is 11.6. The average molecular weight is 402 g/mol. The molecule has 2 heterocycles. The lowest BCUT2D eigenvalue weighted by molar-refractivity contribution is -0.111. The zero-order valence-electron chi connectivity index (χ0n) is 13.1. The molecule has 6 heteroatoms. The third-order valence-corrected chi connectivity index (χ3v) is 5.08. The minimum absolute atomic E-state index is 0.141. The number of anilines is 1. The monoisotopic (exact) mass is 401 g/mol. The third-order valence-electron chi connectivity index (χ3n) is 3.49. The van der Waals surface area contributed by atoms with E-state index in [0.717, 1.165) is 32.3 Å². The molecular weight excluding hydrogens is 386 g/mol. The van der Waals surface area contributed by atoms with Crippen molar-refractivity contribution in [2.75, 3.05) is 5.32 Å². The minimum Gasteiger partial charge on any atom is -0.331 e. The second kappa shape index (κ2) is 7.59. The van der Waals surface area contributed by atoms with Crippen molar-refractivity contribution in [3.05, 3.63) is 74.9 Å². The highest BCUT2D eigenvalue weighted by Gasteiger charge is 2.01. The number of rotatable bonds is 5. The summed E-state index contributed by atoms with van der Waals surface area (Å²) in [6.07, 6.45) is 7.10. The number of aryl methyl sites for hydroxylation is 1. The molecule has 0 aliphatic carbocycles. The number of thiophene rings is 1. The summed E-state index contributed by atoms with van der Waals surface area (Å²) in [7, 11) is 0. The molecule has 24 heavy (non-hydrogen) atoms. The summed E-state index contributed by atoms with van der Waals surface area (Å²) >= 11 is 4.99. The number of nitrogens with zero attached hydrogens (tertiary/aromatic N) is 2. The molecule has 0 saturated heterocycles. The standard InChI is InChI=1S/C18H16BrN3OS/c1-13-20-10-11-22(13)12-14-2-4-15(5-3-14)21-18(23)9-7-16-6-8-17(19)24-16/h2-11H,12H2,1H3,(H,21,23)/b9-7+. The smallest absolute Gasteiger partial charge is 0.248 e. The lowest BCUT2D eigenvalue weighted by Crippen LogP contribution is -2.08. The van der Waals surface area contributed by atoms with Crippen LogP contribution in [0.1, 0.15) is 16.3 Å². The van der Waals surface area contributed by atoms with Gasteiger partial charge >= 0.3 is 0 Å². The number of amides is 1. The van der Waals surface area contributed by atoms with E-state index in [9.17, 15) is 4.79 Å². The first-order valence-electron chi connectivity index (χ1n) is 7.41. The summed E-state index contributed by atoms with van der Waals surface area (Å²) in [6, 6.07) is 11.8. The van der Waals surface area contributed by atoms with E-state index < -0.39 is 0 Å². The van der Waals surface area contributed by atoms with E-state index in [2.05, 4.69) is 30.8 Å². The largest absolute Gasteiger partial charge is 0.331 e. The summed E-state index contributed by atoms with van der Waals surface area (Å²) in [5, 5.41) is 2.86. The second-order valence-electron chi connectivity index (χ2n) is 5.26. The van der Waals surface area contributed by atoms with Crippen LogP contribution in [0.15, 0.2) is 58.7 Å². The number of aromatic nitrogens is 2. The van der Waals surface area contributed by atoms with Crippen molar-refractivity contribution >= 4 is 44.9 Å². The molecule has 0 radical (unpaired) electrons. The highest BCUT2D eigenvalue weighted by Crippen LogP contribution is 2.23. The maximum Gasteiger partial charge on any atom is 0.248 e. The molecule has 0 aliphatic heterocycles. The van der Waals surface area contributed by atoms with Crippen LogP contribution in [0.3, 0.4) is 0 Å². The number of carbonyl (C=O) groups excluding carboxylic acids is 1. The molecule has 0 fully saturated rings. The first-order valence-corrected chi connectivity index (χ1v) is 9.02. The van der Waals surface area contributed by atoms with Crippen LogP contribution < -0.4 is 5.32 Å². The molecule has 0 atom stereocenters. The summed E-state index contributed by atoms with van der Waals surface area (Å²) in [5.41, 5.74) is 1.94. The van der Waals surface area contributed by atoms with Gasteiger partial charge in [-0.05, 0) is 58.8 Å². The Balaban J connectivity index is 1.58. The van der Waals surface area contributed by atoms with Crippen molar-refractivity contribution in [1.82, 2.24) is 9.55 Å². The van der Waals surface area contributed by atoms with E-state index >= 15 is 0 Å². The van der Waals surface area contributed by atoms with Gasteiger partial charge in [0.1, 0.15) is 5.82 Å². The number of hydrogen-bond acceptors (Lipinski definition) is 3. The molecule has 2 aromatic heterocycles. The van der Waals surface area contributed by atoms with Gasteiger partial charge in [0.05, 0.1) is 3.79 Å². The van der Waals surface area contributed by atoms with Crippen molar-refractivity contribution in [3.8, 4) is 0 Å². The number of benzene rings is 1. The summed E-state index contributed by atoms with van der Waals surface area (Å²) < 4.78 is 3.13. The molecule has 4 nitrogen and oxygen atoms in total. The van der Waals surface area contributed by atoms with E-state index in [1.165, 1.54) is 0 Å². The minimum atomic E-state index is -0.141. The predicted molar refractivity (Wildman–Crippen MR) is 102 cm³/mol. The normalized spacial score (nSPS) is 11.1. The van der Waals surface area contributed by atoms with Crippen LogP contribution in [0.5, 0.6) is 0 Å². The zero-order valence-corrected chi connectivity index (χ0v) is 15.5. The Morgan fingerprint density at radius 3 is 2.71 bits per heavy atom. The third kappa shape index (κ3) is 4.43. The summed E-state index contributed by atoms with van der Waals surface area (Å²) in [6.45, 7) is 2.75. The predicted octanol–water partition coefficient (Wildman–Crippen LogP) is 4.72. The van der Waals surface area contributed by atoms with Crippen LogP contribution in [-0.4, -0.2) is 15.5 Å². The zero-order chi connectivity index (χ0) is 16.9. The van der Waals surface area contributed by atoms with Crippen molar-refractivity contribution in [3.63, 3.8) is 0 Å². The first kappa shape index (κ1) is 16.7. The van der Waals surface area contributed by atoms with Crippen LogP contribution in [0, 0.1) is 6.92 Å². The second-order valence-corrected chi connectivity index (χ2v) is 7.76.